The number of hydrogen-bond acceptors (Lipinski definition) is 1. The van der Waals surface area contributed by atoms with E-state index in [1.807, 2.05) is 45.0 Å². The Balaban J connectivity index is 0.00000136. The van der Waals surface area contributed by atoms with Crippen molar-refractivity contribution in [1.82, 2.24) is 0 Å². The van der Waals surface area contributed by atoms with Crippen LogP contribution in [0.15, 0.2) is 60.7 Å². The largest absolute Gasteiger partial charge is 0.429 e. The van der Waals surface area contributed by atoms with Crippen molar-refractivity contribution in [2.75, 3.05) is 0 Å². The van der Waals surface area contributed by atoms with E-state index in [0.29, 0.717) is 12.1 Å². The molecule has 0 N–H and O–H groups in total. The number of halogens is 5. The Labute approximate surface area is 160 Å². The molecule has 0 bridgehead atoms. The molecule has 0 aliphatic heterocycles. The molecule has 0 heterocycles. The van der Waals surface area contributed by atoms with Gasteiger partial charge < -0.3 is 4.74 Å². The third-order valence-corrected chi connectivity index (χ3v) is 3.81. The summed E-state index contributed by atoms with van der Waals surface area (Å²) in [6.45, 7) is 5.94. The van der Waals surface area contributed by atoms with Gasteiger partial charge in [0.1, 0.15) is 5.75 Å². The molecular formula is C22H19F5O. The smallest absolute Gasteiger partial charge is 0.426 e. The average Bonchev–Trinajstić information content (AvgIpc) is 2.68. The fourth-order valence-electron chi connectivity index (χ4n) is 2.40. The van der Waals surface area contributed by atoms with Crippen molar-refractivity contribution < 1.29 is 26.7 Å². The molecule has 0 unspecified atom stereocenters. The van der Waals surface area contributed by atoms with Crippen LogP contribution in [0.4, 0.5) is 22.0 Å². The van der Waals surface area contributed by atoms with Gasteiger partial charge in [-0.25, -0.2) is 13.2 Å². The minimum atomic E-state index is -3.84. The van der Waals surface area contributed by atoms with E-state index in [0.717, 1.165) is 28.8 Å². The Morgan fingerprint density at radius 2 is 1.14 bits per heavy atom. The second kappa shape index (κ2) is 8.87. The Bertz CT molecular complexity index is 896. The Morgan fingerprint density at radius 3 is 1.61 bits per heavy atom. The lowest BCUT2D eigenvalue weighted by Crippen LogP contribution is -2.22. The molecule has 0 aliphatic carbocycles. The number of rotatable bonds is 4. The minimum absolute atomic E-state index is 0.368. The summed E-state index contributed by atoms with van der Waals surface area (Å²) in [7, 11) is 0. The van der Waals surface area contributed by atoms with Crippen molar-refractivity contribution in [3.05, 3.63) is 89.2 Å². The fraction of sp³-hybridized carbons (Fsp3) is 0.182. The van der Waals surface area contributed by atoms with Crippen molar-refractivity contribution >= 4 is 0 Å². The highest BCUT2D eigenvalue weighted by atomic mass is 19.3. The highest BCUT2D eigenvalue weighted by molar-refractivity contribution is 5.64. The molecule has 0 amide bonds. The summed E-state index contributed by atoms with van der Waals surface area (Å²) in [6.07, 6.45) is -3.84. The van der Waals surface area contributed by atoms with E-state index in [1.54, 1.807) is 0 Å². The molecule has 0 saturated heterocycles. The Morgan fingerprint density at radius 1 is 0.714 bits per heavy atom. The summed E-state index contributed by atoms with van der Waals surface area (Å²) in [5.41, 5.74) is 2.15. The van der Waals surface area contributed by atoms with Gasteiger partial charge in [0.05, 0.1) is 5.56 Å². The van der Waals surface area contributed by atoms with Crippen molar-refractivity contribution in [3.8, 4) is 16.9 Å². The molecule has 3 aromatic rings. The van der Waals surface area contributed by atoms with Gasteiger partial charge in [0.2, 0.25) is 0 Å². The van der Waals surface area contributed by atoms with Crippen molar-refractivity contribution in [2.45, 2.75) is 26.9 Å². The highest BCUT2D eigenvalue weighted by Gasteiger charge is 2.35. The first-order valence-electron chi connectivity index (χ1n) is 8.65. The van der Waals surface area contributed by atoms with E-state index in [4.69, 9.17) is 0 Å². The third-order valence-electron chi connectivity index (χ3n) is 3.81. The molecule has 0 aromatic heterocycles. The first-order chi connectivity index (χ1) is 13.3. The zero-order valence-electron chi connectivity index (χ0n) is 15.6. The van der Waals surface area contributed by atoms with Gasteiger partial charge in [-0.3, -0.25) is 0 Å². The molecule has 0 radical (unpaired) electrons. The number of alkyl halides is 2. The van der Waals surface area contributed by atoms with Crippen LogP contribution >= 0.6 is 0 Å². The zero-order chi connectivity index (χ0) is 20.9. The number of ether oxygens (including phenoxy) is 1. The van der Waals surface area contributed by atoms with Crippen LogP contribution < -0.4 is 4.74 Å². The minimum Gasteiger partial charge on any atom is -0.429 e. The summed E-state index contributed by atoms with van der Waals surface area (Å²) in [6, 6.07) is 13.6. The maximum atomic E-state index is 14.2. The monoisotopic (exact) mass is 394 g/mol. The number of aryl methyl sites for hydroxylation is 1. The molecule has 1 nitrogen and oxygen atoms in total. The zero-order valence-corrected chi connectivity index (χ0v) is 15.6. The lowest BCUT2D eigenvalue weighted by atomic mass is 10.0. The third kappa shape index (κ3) is 4.88. The van der Waals surface area contributed by atoms with E-state index in [-0.39, 0.29) is 0 Å². The van der Waals surface area contributed by atoms with Crippen molar-refractivity contribution in [1.29, 1.82) is 0 Å². The van der Waals surface area contributed by atoms with E-state index >= 15 is 0 Å². The lowest BCUT2D eigenvalue weighted by Gasteiger charge is -2.19. The molecule has 0 aliphatic rings. The van der Waals surface area contributed by atoms with Gasteiger partial charge in [0, 0.05) is 12.1 Å². The van der Waals surface area contributed by atoms with Crippen LogP contribution in [0.2, 0.25) is 0 Å². The highest BCUT2D eigenvalue weighted by Crippen LogP contribution is 2.34. The molecule has 0 saturated carbocycles. The normalized spacial score (nSPS) is 10.9. The maximum absolute atomic E-state index is 14.2. The summed E-state index contributed by atoms with van der Waals surface area (Å²) in [5.74, 6) is -5.77. The molecule has 3 aromatic carbocycles. The molecule has 3 rings (SSSR count). The number of benzene rings is 3. The first-order valence-corrected chi connectivity index (χ1v) is 8.65. The quantitative estimate of drug-likeness (QED) is 0.335. The van der Waals surface area contributed by atoms with Gasteiger partial charge in [-0.2, -0.15) is 8.78 Å². The van der Waals surface area contributed by atoms with Gasteiger partial charge in [-0.15, -0.1) is 0 Å². The Kier molecular flexibility index (Phi) is 6.78. The molecule has 6 heteroatoms. The lowest BCUT2D eigenvalue weighted by molar-refractivity contribution is -0.185. The molecule has 148 valence electrons. The van der Waals surface area contributed by atoms with Crippen LogP contribution in [0, 0.1) is 24.4 Å². The van der Waals surface area contributed by atoms with Crippen LogP contribution in [0.3, 0.4) is 0 Å². The van der Waals surface area contributed by atoms with Gasteiger partial charge >= 0.3 is 6.11 Å². The topological polar surface area (TPSA) is 9.23 Å². The van der Waals surface area contributed by atoms with Gasteiger partial charge in [-0.05, 0) is 30.2 Å². The van der Waals surface area contributed by atoms with E-state index in [1.165, 1.54) is 12.1 Å². The Hall–Kier alpha value is -2.89. The molecule has 28 heavy (non-hydrogen) atoms. The number of hydrogen-bond donors (Lipinski definition) is 0. The molecule has 0 spiro atoms. The summed E-state index contributed by atoms with van der Waals surface area (Å²) in [4.78, 5) is 0. The van der Waals surface area contributed by atoms with Crippen LogP contribution in [0.5, 0.6) is 5.75 Å². The maximum Gasteiger partial charge on any atom is 0.426 e. The summed E-state index contributed by atoms with van der Waals surface area (Å²) >= 11 is 0. The summed E-state index contributed by atoms with van der Waals surface area (Å²) < 4.78 is 72.0. The van der Waals surface area contributed by atoms with Gasteiger partial charge in [0.15, 0.2) is 17.5 Å². The predicted octanol–water partition coefficient (Wildman–Crippen LogP) is 7.23. The fourth-order valence-corrected chi connectivity index (χ4v) is 2.40. The van der Waals surface area contributed by atoms with E-state index in [2.05, 4.69) is 4.74 Å². The second-order valence-electron chi connectivity index (χ2n) is 5.76. The van der Waals surface area contributed by atoms with Crippen molar-refractivity contribution in [2.24, 2.45) is 0 Å². The molecule has 0 fully saturated rings. The SMILES string of the molecule is CC.Cc1ccc(-c2ccc(C(F)(F)Oc3cc(F)c(F)c(F)c3)cc2)cc1. The van der Waals surface area contributed by atoms with Crippen LogP contribution in [0.1, 0.15) is 25.0 Å². The van der Waals surface area contributed by atoms with Gasteiger partial charge in [-0.1, -0.05) is 55.8 Å². The first kappa shape index (κ1) is 21.4. The summed E-state index contributed by atoms with van der Waals surface area (Å²) in [5, 5.41) is 0. The van der Waals surface area contributed by atoms with Crippen molar-refractivity contribution in [3.63, 3.8) is 0 Å². The van der Waals surface area contributed by atoms with E-state index < -0.39 is 34.9 Å². The molecule has 0 atom stereocenters. The average molecular weight is 394 g/mol. The standard InChI is InChI=1S/C20H13F5O.C2H6/c1-12-2-4-13(5-3-12)14-6-8-15(9-7-14)20(24,25)26-16-10-17(21)19(23)18(22)11-16;1-2/h2-11H,1H3;1-2H3. The van der Waals surface area contributed by atoms with E-state index in [9.17, 15) is 22.0 Å². The van der Waals surface area contributed by atoms with Crippen LogP contribution in [-0.2, 0) is 6.11 Å². The van der Waals surface area contributed by atoms with Crippen LogP contribution in [0.25, 0.3) is 11.1 Å². The molecular weight excluding hydrogens is 375 g/mol. The van der Waals surface area contributed by atoms with Crippen LogP contribution in [-0.4, -0.2) is 0 Å². The second-order valence-corrected chi connectivity index (χ2v) is 5.76. The van der Waals surface area contributed by atoms with Gasteiger partial charge in [0.25, 0.3) is 0 Å². The predicted molar refractivity (Wildman–Crippen MR) is 98.8 cm³/mol.